The summed E-state index contributed by atoms with van der Waals surface area (Å²) in [6.45, 7) is 1.92. The molecule has 4 aromatic rings. The molecule has 0 radical (unpaired) electrons. The molecule has 0 unspecified atom stereocenters. The van der Waals surface area contributed by atoms with Gasteiger partial charge in [-0.1, -0.05) is 24.4 Å². The van der Waals surface area contributed by atoms with Gasteiger partial charge in [0.05, 0.1) is 5.56 Å². The number of hydrogen-bond acceptors (Lipinski definition) is 4. The fourth-order valence-electron chi connectivity index (χ4n) is 2.90. The highest BCUT2D eigenvalue weighted by molar-refractivity contribution is 7.80. The highest BCUT2D eigenvalue weighted by Gasteiger charge is 2.19. The maximum Gasteiger partial charge on any atom is 0.183 e. The van der Waals surface area contributed by atoms with Crippen LogP contribution < -0.4 is 5.73 Å². The monoisotopic (exact) mass is 363 g/mol. The fraction of sp³-hybridized carbons (Fsp3) is 0.0526. The predicted molar refractivity (Wildman–Crippen MR) is 102 cm³/mol. The predicted octanol–water partition coefficient (Wildman–Crippen LogP) is 3.54. The Hall–Kier alpha value is -3.19. The number of aromatic nitrogens is 4. The zero-order valence-electron chi connectivity index (χ0n) is 13.8. The van der Waals surface area contributed by atoms with Crippen LogP contribution in [0.1, 0.15) is 11.3 Å². The summed E-state index contributed by atoms with van der Waals surface area (Å²) in [7, 11) is 0. The second kappa shape index (κ2) is 6.27. The van der Waals surface area contributed by atoms with E-state index in [2.05, 4.69) is 15.1 Å². The summed E-state index contributed by atoms with van der Waals surface area (Å²) in [5.74, 6) is 0.236. The van der Waals surface area contributed by atoms with Gasteiger partial charge in [-0.05, 0) is 48.4 Å². The van der Waals surface area contributed by atoms with E-state index in [0.29, 0.717) is 17.0 Å². The van der Waals surface area contributed by atoms with Crippen molar-refractivity contribution in [3.8, 4) is 22.5 Å². The first-order valence-corrected chi connectivity index (χ1v) is 8.32. The van der Waals surface area contributed by atoms with Crippen molar-refractivity contribution < 1.29 is 4.39 Å². The lowest BCUT2D eigenvalue weighted by atomic mass is 10.00. The third-order valence-electron chi connectivity index (χ3n) is 4.11. The van der Waals surface area contributed by atoms with Crippen LogP contribution in [0.2, 0.25) is 0 Å². The van der Waals surface area contributed by atoms with Crippen LogP contribution in [0.15, 0.2) is 54.9 Å². The number of rotatable bonds is 3. The molecule has 0 aliphatic rings. The molecule has 7 heteroatoms. The minimum Gasteiger partial charge on any atom is -0.389 e. The Labute approximate surface area is 154 Å². The van der Waals surface area contributed by atoms with Gasteiger partial charge >= 0.3 is 0 Å². The number of nitrogens with zero attached hydrogens (tertiary/aromatic N) is 4. The summed E-state index contributed by atoms with van der Waals surface area (Å²) in [5, 5.41) is 4.56. The van der Waals surface area contributed by atoms with Crippen LogP contribution >= 0.6 is 12.2 Å². The number of halogens is 1. The van der Waals surface area contributed by atoms with Crippen molar-refractivity contribution >= 4 is 22.9 Å². The standard InChI is InChI=1S/C19H14FN5S/c1-11-9-15(12-4-6-14(20)7-5-12)16(17(21)26)19-23-18(24-25(11)19)13-3-2-8-22-10-13/h2-10H,1H3,(H2,21,26). The van der Waals surface area contributed by atoms with Gasteiger partial charge in [-0.25, -0.2) is 13.9 Å². The molecule has 0 fully saturated rings. The number of aryl methyl sites for hydroxylation is 1. The van der Waals surface area contributed by atoms with Gasteiger partial charge in [0.2, 0.25) is 0 Å². The number of thiocarbonyl (C=S) groups is 1. The van der Waals surface area contributed by atoms with Gasteiger partial charge in [0.25, 0.3) is 0 Å². The Morgan fingerprint density at radius 3 is 2.58 bits per heavy atom. The lowest BCUT2D eigenvalue weighted by Crippen LogP contribution is -2.14. The molecular weight excluding hydrogens is 349 g/mol. The van der Waals surface area contributed by atoms with E-state index in [0.717, 1.165) is 22.4 Å². The highest BCUT2D eigenvalue weighted by Crippen LogP contribution is 2.29. The van der Waals surface area contributed by atoms with Gasteiger partial charge in [-0.15, -0.1) is 5.10 Å². The fourth-order valence-corrected chi connectivity index (χ4v) is 3.10. The van der Waals surface area contributed by atoms with Crippen molar-refractivity contribution in [1.29, 1.82) is 0 Å². The van der Waals surface area contributed by atoms with Gasteiger partial charge < -0.3 is 5.73 Å². The van der Waals surface area contributed by atoms with E-state index < -0.39 is 0 Å². The average molecular weight is 363 g/mol. The maximum atomic E-state index is 13.3. The average Bonchev–Trinajstić information content (AvgIpc) is 3.08. The van der Waals surface area contributed by atoms with Crippen molar-refractivity contribution in [3.05, 3.63) is 71.9 Å². The first kappa shape index (κ1) is 16.3. The largest absolute Gasteiger partial charge is 0.389 e. The Morgan fingerprint density at radius 1 is 1.15 bits per heavy atom. The first-order valence-electron chi connectivity index (χ1n) is 7.91. The van der Waals surface area contributed by atoms with Gasteiger partial charge in [0.15, 0.2) is 11.5 Å². The molecule has 0 spiro atoms. The van der Waals surface area contributed by atoms with Crippen LogP contribution in [-0.4, -0.2) is 24.6 Å². The van der Waals surface area contributed by atoms with Crippen molar-refractivity contribution in [1.82, 2.24) is 19.6 Å². The van der Waals surface area contributed by atoms with Crippen molar-refractivity contribution in [2.24, 2.45) is 5.73 Å². The van der Waals surface area contributed by atoms with Crippen LogP contribution in [0.25, 0.3) is 28.2 Å². The SMILES string of the molecule is Cc1cc(-c2ccc(F)cc2)c(C(N)=S)c2nc(-c3cccnc3)nn12. The van der Waals surface area contributed by atoms with Gasteiger partial charge in [0.1, 0.15) is 10.8 Å². The zero-order chi connectivity index (χ0) is 18.3. The molecule has 3 aromatic heterocycles. The van der Waals surface area contributed by atoms with Crippen LogP contribution in [0.3, 0.4) is 0 Å². The van der Waals surface area contributed by atoms with E-state index in [9.17, 15) is 4.39 Å². The van der Waals surface area contributed by atoms with Gasteiger partial charge in [-0.2, -0.15) is 0 Å². The summed E-state index contributed by atoms with van der Waals surface area (Å²) in [4.78, 5) is 8.96. The van der Waals surface area contributed by atoms with Gasteiger partial charge in [-0.3, -0.25) is 4.98 Å². The molecule has 0 amide bonds. The van der Waals surface area contributed by atoms with E-state index in [1.165, 1.54) is 12.1 Å². The molecule has 0 saturated heterocycles. The zero-order valence-corrected chi connectivity index (χ0v) is 14.7. The minimum atomic E-state index is -0.301. The lowest BCUT2D eigenvalue weighted by molar-refractivity contribution is 0.628. The lowest BCUT2D eigenvalue weighted by Gasteiger charge is -2.11. The van der Waals surface area contributed by atoms with Crippen molar-refractivity contribution in [2.75, 3.05) is 0 Å². The maximum absolute atomic E-state index is 13.3. The number of fused-ring (bicyclic) bond motifs is 1. The van der Waals surface area contributed by atoms with Crippen molar-refractivity contribution in [2.45, 2.75) is 6.92 Å². The van der Waals surface area contributed by atoms with Crippen LogP contribution in [0.5, 0.6) is 0 Å². The van der Waals surface area contributed by atoms with E-state index >= 15 is 0 Å². The molecule has 3 heterocycles. The van der Waals surface area contributed by atoms with Crippen molar-refractivity contribution in [3.63, 3.8) is 0 Å². The molecular formula is C19H14FN5S. The molecule has 0 bridgehead atoms. The number of benzene rings is 1. The molecule has 0 atom stereocenters. The number of nitrogens with two attached hydrogens (primary N) is 1. The molecule has 0 saturated carbocycles. The quantitative estimate of drug-likeness (QED) is 0.564. The smallest absolute Gasteiger partial charge is 0.183 e. The Bertz CT molecular complexity index is 1120. The van der Waals surface area contributed by atoms with E-state index in [1.807, 2.05) is 25.1 Å². The molecule has 128 valence electrons. The second-order valence-corrected chi connectivity index (χ2v) is 6.30. The molecule has 2 N–H and O–H groups in total. The third-order valence-corrected chi connectivity index (χ3v) is 4.31. The topological polar surface area (TPSA) is 69.1 Å². The van der Waals surface area contributed by atoms with Crippen LogP contribution in [0.4, 0.5) is 4.39 Å². The molecule has 0 aliphatic carbocycles. The van der Waals surface area contributed by atoms with E-state index in [1.54, 1.807) is 29.0 Å². The first-order chi connectivity index (χ1) is 12.5. The summed E-state index contributed by atoms with van der Waals surface area (Å²) in [6, 6.07) is 11.8. The summed E-state index contributed by atoms with van der Waals surface area (Å²) in [6.07, 6.45) is 3.39. The highest BCUT2D eigenvalue weighted by atomic mass is 32.1. The summed E-state index contributed by atoms with van der Waals surface area (Å²) >= 11 is 5.28. The summed E-state index contributed by atoms with van der Waals surface area (Å²) in [5.41, 5.74) is 10.5. The second-order valence-electron chi connectivity index (χ2n) is 5.86. The molecule has 1 aromatic carbocycles. The normalized spacial score (nSPS) is 11.0. The number of hydrogen-bond donors (Lipinski definition) is 1. The number of pyridine rings is 2. The third kappa shape index (κ3) is 2.72. The van der Waals surface area contributed by atoms with Crippen LogP contribution in [0, 0.1) is 12.7 Å². The van der Waals surface area contributed by atoms with Gasteiger partial charge in [0, 0.05) is 23.7 Å². The van der Waals surface area contributed by atoms with E-state index in [-0.39, 0.29) is 10.8 Å². The summed E-state index contributed by atoms with van der Waals surface area (Å²) < 4.78 is 15.0. The minimum absolute atomic E-state index is 0.208. The molecule has 4 rings (SSSR count). The van der Waals surface area contributed by atoms with Crippen LogP contribution in [-0.2, 0) is 0 Å². The molecule has 5 nitrogen and oxygen atoms in total. The Balaban J connectivity index is 2.01. The Kier molecular flexibility index (Phi) is 3.93. The Morgan fingerprint density at radius 2 is 1.92 bits per heavy atom. The molecule has 26 heavy (non-hydrogen) atoms. The van der Waals surface area contributed by atoms with E-state index in [4.69, 9.17) is 18.0 Å². The molecule has 0 aliphatic heterocycles.